The number of anilines is 1. The number of aryl methyl sites for hydroxylation is 1. The Morgan fingerprint density at radius 3 is 2.61 bits per heavy atom. The van der Waals surface area contributed by atoms with E-state index in [1.165, 1.54) is 29.7 Å². The number of nitrogens with one attached hydrogen (secondary N) is 1. The second kappa shape index (κ2) is 9.09. The third kappa shape index (κ3) is 5.48. The van der Waals surface area contributed by atoms with Crippen LogP contribution in [0.3, 0.4) is 0 Å². The van der Waals surface area contributed by atoms with Crippen LogP contribution in [0.4, 0.5) is 5.69 Å². The molecule has 3 heteroatoms. The van der Waals surface area contributed by atoms with Crippen molar-refractivity contribution in [3.8, 4) is 0 Å². The summed E-state index contributed by atoms with van der Waals surface area (Å²) in [6.45, 7) is 9.39. The third-order valence-corrected chi connectivity index (χ3v) is 5.31. The number of hydrogen-bond acceptors (Lipinski definition) is 2. The Bertz CT molecular complexity index is 815. The van der Waals surface area contributed by atoms with Crippen molar-refractivity contribution in [2.75, 3.05) is 24.5 Å². The quantitative estimate of drug-likeness (QED) is 0.571. The van der Waals surface area contributed by atoms with Crippen molar-refractivity contribution in [2.24, 2.45) is 0 Å². The van der Waals surface area contributed by atoms with Gasteiger partial charge in [0.05, 0.1) is 0 Å². The molecule has 28 heavy (non-hydrogen) atoms. The SMILES string of the molecule is CC(C)(C)c1ccc(/C=C/C(=O)NCCCN2CCCc3ccccc32)cc1. The van der Waals surface area contributed by atoms with Gasteiger partial charge in [0.1, 0.15) is 0 Å². The Kier molecular flexibility index (Phi) is 6.56. The fourth-order valence-corrected chi connectivity index (χ4v) is 3.65. The number of nitrogens with zero attached hydrogens (tertiary/aromatic N) is 1. The Morgan fingerprint density at radius 2 is 1.86 bits per heavy atom. The molecule has 1 aliphatic rings. The molecule has 0 atom stereocenters. The first-order valence-corrected chi connectivity index (χ1v) is 10.3. The van der Waals surface area contributed by atoms with Crippen molar-refractivity contribution >= 4 is 17.7 Å². The summed E-state index contributed by atoms with van der Waals surface area (Å²) in [5.74, 6) is -0.0288. The molecule has 1 N–H and O–H groups in total. The molecule has 0 bridgehead atoms. The van der Waals surface area contributed by atoms with E-state index >= 15 is 0 Å². The van der Waals surface area contributed by atoms with Gasteiger partial charge in [-0.25, -0.2) is 0 Å². The van der Waals surface area contributed by atoms with Gasteiger partial charge in [-0.1, -0.05) is 63.2 Å². The fourth-order valence-electron chi connectivity index (χ4n) is 3.65. The Balaban J connectivity index is 1.42. The second-order valence-corrected chi connectivity index (χ2v) is 8.57. The minimum absolute atomic E-state index is 0.0288. The van der Waals surface area contributed by atoms with Crippen LogP contribution in [-0.2, 0) is 16.6 Å². The third-order valence-electron chi connectivity index (χ3n) is 5.31. The van der Waals surface area contributed by atoms with Crippen molar-refractivity contribution < 1.29 is 4.79 Å². The molecular weight excluding hydrogens is 344 g/mol. The first kappa shape index (κ1) is 20.2. The van der Waals surface area contributed by atoms with Gasteiger partial charge in [-0.15, -0.1) is 0 Å². The van der Waals surface area contributed by atoms with E-state index < -0.39 is 0 Å². The lowest BCUT2D eigenvalue weighted by atomic mass is 9.87. The number of carbonyl (C=O) groups excluding carboxylic acids is 1. The van der Waals surface area contributed by atoms with Gasteiger partial charge in [-0.05, 0) is 53.5 Å². The largest absolute Gasteiger partial charge is 0.371 e. The van der Waals surface area contributed by atoms with Gasteiger partial charge >= 0.3 is 0 Å². The number of para-hydroxylation sites is 1. The Labute approximate surface area is 169 Å². The average molecular weight is 377 g/mol. The van der Waals surface area contributed by atoms with Gasteiger partial charge in [0, 0.05) is 31.4 Å². The molecule has 0 saturated carbocycles. The van der Waals surface area contributed by atoms with E-state index in [2.05, 4.69) is 79.5 Å². The Morgan fingerprint density at radius 1 is 1.11 bits per heavy atom. The average Bonchev–Trinajstić information content (AvgIpc) is 2.69. The summed E-state index contributed by atoms with van der Waals surface area (Å²) in [6, 6.07) is 17.1. The minimum Gasteiger partial charge on any atom is -0.371 e. The Hall–Kier alpha value is -2.55. The van der Waals surface area contributed by atoms with Crippen molar-refractivity contribution in [1.29, 1.82) is 0 Å². The van der Waals surface area contributed by atoms with Crippen LogP contribution in [0.2, 0.25) is 0 Å². The van der Waals surface area contributed by atoms with Crippen molar-refractivity contribution in [2.45, 2.75) is 45.4 Å². The number of rotatable bonds is 6. The fraction of sp³-hybridized carbons (Fsp3) is 0.400. The number of benzene rings is 2. The predicted octanol–water partition coefficient (Wildman–Crippen LogP) is 4.96. The lowest BCUT2D eigenvalue weighted by Gasteiger charge is -2.31. The van der Waals surface area contributed by atoms with Crippen molar-refractivity contribution in [3.05, 3.63) is 71.3 Å². The smallest absolute Gasteiger partial charge is 0.244 e. The summed E-state index contributed by atoms with van der Waals surface area (Å²) in [7, 11) is 0. The highest BCUT2D eigenvalue weighted by atomic mass is 16.1. The van der Waals surface area contributed by atoms with Gasteiger partial charge < -0.3 is 10.2 Å². The maximum absolute atomic E-state index is 12.1. The van der Waals surface area contributed by atoms with Crippen LogP contribution in [0.1, 0.15) is 50.3 Å². The lowest BCUT2D eigenvalue weighted by molar-refractivity contribution is -0.116. The molecule has 2 aromatic carbocycles. The van der Waals surface area contributed by atoms with Gasteiger partial charge in [-0.2, -0.15) is 0 Å². The molecule has 0 radical (unpaired) electrons. The second-order valence-electron chi connectivity index (χ2n) is 8.57. The zero-order valence-corrected chi connectivity index (χ0v) is 17.4. The maximum Gasteiger partial charge on any atom is 0.244 e. The van der Waals surface area contributed by atoms with Crippen LogP contribution in [0, 0.1) is 0 Å². The number of carbonyl (C=O) groups is 1. The molecular formula is C25H32N2O. The number of fused-ring (bicyclic) bond motifs is 1. The molecule has 2 aromatic rings. The van der Waals surface area contributed by atoms with Crippen molar-refractivity contribution in [3.63, 3.8) is 0 Å². The zero-order valence-electron chi connectivity index (χ0n) is 17.4. The van der Waals surface area contributed by atoms with E-state index in [-0.39, 0.29) is 11.3 Å². The van der Waals surface area contributed by atoms with E-state index in [1.807, 2.05) is 6.08 Å². The normalized spacial score (nSPS) is 14.2. The number of hydrogen-bond donors (Lipinski definition) is 1. The van der Waals surface area contributed by atoms with Gasteiger partial charge in [0.25, 0.3) is 0 Å². The standard InChI is InChI=1S/C25H32N2O/c1-25(2,3)22-14-11-20(12-15-22)13-16-24(28)26-17-7-19-27-18-6-9-21-8-4-5-10-23(21)27/h4-5,8,10-16H,6-7,9,17-19H2,1-3H3,(H,26,28)/b16-13+. The molecule has 0 saturated heterocycles. The maximum atomic E-state index is 12.1. The monoisotopic (exact) mass is 376 g/mol. The van der Waals surface area contributed by atoms with E-state index in [0.29, 0.717) is 6.54 Å². The molecule has 3 nitrogen and oxygen atoms in total. The molecule has 0 aliphatic carbocycles. The molecule has 1 heterocycles. The topological polar surface area (TPSA) is 32.3 Å². The molecule has 1 aliphatic heterocycles. The van der Waals surface area contributed by atoms with E-state index in [0.717, 1.165) is 25.1 Å². The van der Waals surface area contributed by atoms with Crippen LogP contribution in [-0.4, -0.2) is 25.5 Å². The molecule has 0 unspecified atom stereocenters. The summed E-state index contributed by atoms with van der Waals surface area (Å²) < 4.78 is 0. The number of amides is 1. The summed E-state index contributed by atoms with van der Waals surface area (Å²) in [4.78, 5) is 14.5. The highest BCUT2D eigenvalue weighted by molar-refractivity contribution is 5.91. The predicted molar refractivity (Wildman–Crippen MR) is 119 cm³/mol. The molecule has 0 aromatic heterocycles. The summed E-state index contributed by atoms with van der Waals surface area (Å²) in [5, 5.41) is 3.00. The van der Waals surface area contributed by atoms with Crippen LogP contribution in [0.25, 0.3) is 6.08 Å². The van der Waals surface area contributed by atoms with Gasteiger partial charge in [-0.3, -0.25) is 4.79 Å². The minimum atomic E-state index is -0.0288. The highest BCUT2D eigenvalue weighted by Crippen LogP contribution is 2.26. The lowest BCUT2D eigenvalue weighted by Crippen LogP contribution is -2.32. The van der Waals surface area contributed by atoms with Crippen molar-refractivity contribution in [1.82, 2.24) is 5.32 Å². The first-order valence-electron chi connectivity index (χ1n) is 10.3. The molecule has 0 fully saturated rings. The molecule has 1 amide bonds. The molecule has 3 rings (SSSR count). The van der Waals surface area contributed by atoms with Gasteiger partial charge in [0.2, 0.25) is 5.91 Å². The van der Waals surface area contributed by atoms with Crippen LogP contribution >= 0.6 is 0 Å². The highest BCUT2D eigenvalue weighted by Gasteiger charge is 2.15. The zero-order chi connectivity index (χ0) is 20.0. The molecule has 0 spiro atoms. The summed E-state index contributed by atoms with van der Waals surface area (Å²) in [5.41, 5.74) is 5.30. The van der Waals surface area contributed by atoms with E-state index in [1.54, 1.807) is 6.08 Å². The summed E-state index contributed by atoms with van der Waals surface area (Å²) in [6.07, 6.45) is 6.84. The van der Waals surface area contributed by atoms with Crippen LogP contribution < -0.4 is 10.2 Å². The summed E-state index contributed by atoms with van der Waals surface area (Å²) >= 11 is 0. The van der Waals surface area contributed by atoms with Gasteiger partial charge in [0.15, 0.2) is 0 Å². The van der Waals surface area contributed by atoms with E-state index in [9.17, 15) is 4.79 Å². The first-order chi connectivity index (χ1) is 13.4. The van der Waals surface area contributed by atoms with Crippen LogP contribution in [0.15, 0.2) is 54.6 Å². The van der Waals surface area contributed by atoms with Crippen LogP contribution in [0.5, 0.6) is 0 Å². The molecule has 148 valence electrons. The van der Waals surface area contributed by atoms with E-state index in [4.69, 9.17) is 0 Å².